The second-order valence-corrected chi connectivity index (χ2v) is 13.8. The van der Waals surface area contributed by atoms with E-state index in [2.05, 4.69) is 26.2 Å². The molecule has 0 saturated carbocycles. The lowest BCUT2D eigenvalue weighted by Crippen LogP contribution is -2.58. The van der Waals surface area contributed by atoms with Crippen LogP contribution in [0.2, 0.25) is 0 Å². The Morgan fingerprint density at radius 1 is 0.942 bits per heavy atom. The summed E-state index contributed by atoms with van der Waals surface area (Å²) in [7, 11) is -3.71. The summed E-state index contributed by atoms with van der Waals surface area (Å²) in [6.07, 6.45) is -6.31. The molecule has 0 aliphatic heterocycles. The van der Waals surface area contributed by atoms with Crippen molar-refractivity contribution >= 4 is 62.6 Å². The van der Waals surface area contributed by atoms with Crippen molar-refractivity contribution in [2.75, 3.05) is 30.6 Å². The molecule has 0 bridgehead atoms. The number of azo groups is 1. The molecule has 0 fully saturated rings. The van der Waals surface area contributed by atoms with E-state index < -0.39 is 83.0 Å². The molecule has 0 unspecified atom stereocenters. The number of amides is 3. The van der Waals surface area contributed by atoms with Crippen LogP contribution in [0.25, 0.3) is 0 Å². The van der Waals surface area contributed by atoms with Gasteiger partial charge in [0.15, 0.2) is 9.84 Å². The predicted molar refractivity (Wildman–Crippen MR) is 181 cm³/mol. The van der Waals surface area contributed by atoms with E-state index in [9.17, 15) is 51.0 Å². The number of carboxylic acid groups (broad SMARTS) is 1. The zero-order chi connectivity index (χ0) is 39.5. The SMILES string of the molecule is CC(=O)NCSC[C@H](NC(=O)[C@H](CO)NC(=O)[C@@H](N)[C@@H](C)O)C(=O)OCCS(=O)(=O)Cc1ccc(N=Nc2ccccc2)cc1.O=C(O)C(F)(F)F. The van der Waals surface area contributed by atoms with E-state index in [4.69, 9.17) is 20.4 Å². The number of hydrogen-bond acceptors (Lipinski definition) is 14. The first-order chi connectivity index (χ1) is 24.2. The molecule has 0 spiro atoms. The van der Waals surface area contributed by atoms with Gasteiger partial charge in [-0.2, -0.15) is 23.4 Å². The van der Waals surface area contributed by atoms with Gasteiger partial charge in [0.1, 0.15) is 24.7 Å². The van der Waals surface area contributed by atoms with Gasteiger partial charge >= 0.3 is 18.1 Å². The molecule has 2 rings (SSSR count). The number of sulfone groups is 1. The van der Waals surface area contributed by atoms with Gasteiger partial charge < -0.3 is 41.7 Å². The van der Waals surface area contributed by atoms with Crippen LogP contribution in [0.1, 0.15) is 19.4 Å². The number of alkyl halides is 3. The summed E-state index contributed by atoms with van der Waals surface area (Å²) in [6, 6.07) is 11.4. The molecule has 3 amide bonds. The number of thioether (sulfide) groups is 1. The normalized spacial score (nSPS) is 13.8. The van der Waals surface area contributed by atoms with Gasteiger partial charge in [-0.15, -0.1) is 11.8 Å². The van der Waals surface area contributed by atoms with Crippen molar-refractivity contribution in [1.29, 1.82) is 0 Å². The Morgan fingerprint density at radius 2 is 1.48 bits per heavy atom. The maximum absolute atomic E-state index is 12.8. The van der Waals surface area contributed by atoms with Crippen molar-refractivity contribution in [3.05, 3.63) is 60.2 Å². The minimum absolute atomic E-state index is 0.0924. The Kier molecular flexibility index (Phi) is 19.5. The number of halogens is 3. The Balaban J connectivity index is 0.00000174. The third kappa shape index (κ3) is 18.6. The van der Waals surface area contributed by atoms with Gasteiger partial charge in [-0.1, -0.05) is 30.3 Å². The average molecular weight is 781 g/mol. The highest BCUT2D eigenvalue weighted by molar-refractivity contribution is 7.99. The maximum atomic E-state index is 12.8. The lowest BCUT2D eigenvalue weighted by Gasteiger charge is -2.23. The van der Waals surface area contributed by atoms with Crippen LogP contribution in [-0.2, 0) is 44.3 Å². The molecule has 8 N–H and O–H groups in total. The minimum atomic E-state index is -5.08. The number of ether oxygens (including phenoxy) is 1. The number of aliphatic hydroxyl groups excluding tert-OH is 2. The molecule has 22 heteroatoms. The van der Waals surface area contributed by atoms with Crippen LogP contribution in [0, 0.1) is 0 Å². The van der Waals surface area contributed by atoms with Gasteiger partial charge in [0, 0.05) is 12.7 Å². The molecular weight excluding hydrogens is 741 g/mol. The number of carbonyl (C=O) groups is 5. The van der Waals surface area contributed by atoms with Crippen LogP contribution in [0.15, 0.2) is 64.8 Å². The van der Waals surface area contributed by atoms with E-state index in [1.54, 1.807) is 36.4 Å². The number of carboxylic acids is 1. The summed E-state index contributed by atoms with van der Waals surface area (Å²) in [5.41, 5.74) is 7.25. The number of rotatable bonds is 18. The Morgan fingerprint density at radius 3 is 1.98 bits per heavy atom. The van der Waals surface area contributed by atoms with Crippen LogP contribution in [0.4, 0.5) is 24.5 Å². The topological polar surface area (TPSA) is 276 Å². The number of carbonyl (C=O) groups excluding carboxylic acids is 4. The Hall–Kier alpha value is -4.64. The maximum Gasteiger partial charge on any atom is 0.490 e. The molecule has 17 nitrogen and oxygen atoms in total. The van der Waals surface area contributed by atoms with E-state index in [0.29, 0.717) is 16.9 Å². The van der Waals surface area contributed by atoms with Crippen LogP contribution >= 0.6 is 11.8 Å². The third-order valence-corrected chi connectivity index (χ3v) is 8.67. The van der Waals surface area contributed by atoms with Gasteiger partial charge in [0.25, 0.3) is 0 Å². The first kappa shape index (κ1) is 45.4. The van der Waals surface area contributed by atoms with Gasteiger partial charge in [-0.05, 0) is 36.8 Å². The number of nitrogens with zero attached hydrogens (tertiary/aromatic N) is 2. The number of esters is 1. The van der Waals surface area contributed by atoms with E-state index in [1.807, 2.05) is 18.2 Å². The fourth-order valence-corrected chi connectivity index (χ4v) is 5.48. The first-order valence-corrected chi connectivity index (χ1v) is 17.9. The predicted octanol–water partition coefficient (Wildman–Crippen LogP) is 0.690. The van der Waals surface area contributed by atoms with Crippen molar-refractivity contribution in [1.82, 2.24) is 16.0 Å². The van der Waals surface area contributed by atoms with Crippen molar-refractivity contribution in [2.24, 2.45) is 16.0 Å². The largest absolute Gasteiger partial charge is 0.490 e. The molecule has 288 valence electrons. The summed E-state index contributed by atoms with van der Waals surface area (Å²) in [6.45, 7) is 1.22. The fraction of sp³-hybridized carbons (Fsp3) is 0.433. The number of aliphatic carboxylic acids is 1. The third-order valence-electron chi connectivity index (χ3n) is 6.19. The van der Waals surface area contributed by atoms with Crippen molar-refractivity contribution in [2.45, 2.75) is 50.0 Å². The average Bonchev–Trinajstić information content (AvgIpc) is 3.07. The second-order valence-electron chi connectivity index (χ2n) is 10.6. The van der Waals surface area contributed by atoms with Crippen LogP contribution in [0.5, 0.6) is 0 Å². The Bertz CT molecular complexity index is 1610. The molecule has 0 aliphatic carbocycles. The highest BCUT2D eigenvalue weighted by Gasteiger charge is 2.38. The summed E-state index contributed by atoms with van der Waals surface area (Å²) in [5.74, 6) is -6.72. The summed E-state index contributed by atoms with van der Waals surface area (Å²) in [4.78, 5) is 57.8. The Labute approximate surface area is 300 Å². The number of hydrogen-bond donors (Lipinski definition) is 7. The molecule has 52 heavy (non-hydrogen) atoms. The molecule has 0 heterocycles. The summed E-state index contributed by atoms with van der Waals surface area (Å²) in [5, 5.41) is 41.5. The lowest BCUT2D eigenvalue weighted by atomic mass is 10.1. The molecule has 2 aromatic carbocycles. The first-order valence-electron chi connectivity index (χ1n) is 15.0. The van der Waals surface area contributed by atoms with Crippen LogP contribution in [0.3, 0.4) is 0 Å². The van der Waals surface area contributed by atoms with Crippen molar-refractivity contribution in [3.63, 3.8) is 0 Å². The minimum Gasteiger partial charge on any atom is -0.475 e. The van der Waals surface area contributed by atoms with Gasteiger partial charge in [-0.25, -0.2) is 18.0 Å². The van der Waals surface area contributed by atoms with E-state index in [-0.39, 0.29) is 23.3 Å². The van der Waals surface area contributed by atoms with Gasteiger partial charge in [-0.3, -0.25) is 14.4 Å². The summed E-state index contributed by atoms with van der Waals surface area (Å²) >= 11 is 1.06. The standard InChI is InChI=1S/C28H38N6O9S2.C2HF3O2/c1-18(36)25(29)27(39)31-23(14-35)26(38)32-24(15-44-17-30-19(2)37)28(40)43-12-13-45(41,42)16-20-8-10-22(11-9-20)34-33-21-6-4-3-5-7-21;3-2(4,5)1(6)7/h3-11,18,23-25,35-36H,12-17,29H2,1-2H3,(H,30,37)(H,31,39)(H,32,38);(H,6,7)/t18-,23+,24+,25+;/m1./s1. The number of aliphatic hydroxyl groups is 2. The molecule has 0 saturated heterocycles. The quantitative estimate of drug-likeness (QED) is 0.0475. The molecule has 0 aliphatic rings. The monoisotopic (exact) mass is 780 g/mol. The smallest absolute Gasteiger partial charge is 0.475 e. The van der Waals surface area contributed by atoms with E-state index in [0.717, 1.165) is 11.8 Å². The molecular formula is C30H39F3N6O11S2. The molecule has 0 aromatic heterocycles. The fourth-order valence-electron chi connectivity index (χ4n) is 3.42. The highest BCUT2D eigenvalue weighted by Crippen LogP contribution is 2.19. The van der Waals surface area contributed by atoms with Crippen LogP contribution < -0.4 is 21.7 Å². The highest BCUT2D eigenvalue weighted by atomic mass is 32.2. The number of nitrogens with two attached hydrogens (primary N) is 1. The summed E-state index contributed by atoms with van der Waals surface area (Å²) < 4.78 is 62.3. The van der Waals surface area contributed by atoms with Gasteiger partial charge in [0.05, 0.1) is 41.5 Å². The number of benzene rings is 2. The number of nitrogens with one attached hydrogen (secondary N) is 3. The molecule has 2 aromatic rings. The molecule has 0 radical (unpaired) electrons. The van der Waals surface area contributed by atoms with Crippen LogP contribution in [-0.4, -0.2) is 114 Å². The van der Waals surface area contributed by atoms with Crippen molar-refractivity contribution < 1.29 is 65.6 Å². The van der Waals surface area contributed by atoms with E-state index in [1.165, 1.54) is 13.8 Å². The second kappa shape index (κ2) is 22.3. The van der Waals surface area contributed by atoms with E-state index >= 15 is 0 Å². The lowest BCUT2D eigenvalue weighted by molar-refractivity contribution is -0.192. The van der Waals surface area contributed by atoms with Crippen molar-refractivity contribution in [3.8, 4) is 0 Å². The molecule has 4 atom stereocenters. The zero-order valence-corrected chi connectivity index (χ0v) is 29.4. The van der Waals surface area contributed by atoms with Gasteiger partial charge in [0.2, 0.25) is 17.7 Å². The zero-order valence-electron chi connectivity index (χ0n) is 27.8.